The van der Waals surface area contributed by atoms with Gasteiger partial charge in [-0.05, 0) is 31.2 Å². The van der Waals surface area contributed by atoms with Gasteiger partial charge in [-0.1, -0.05) is 6.08 Å². The Balaban J connectivity index is 1.24. The van der Waals surface area contributed by atoms with Crippen LogP contribution in [0.2, 0.25) is 0 Å². The van der Waals surface area contributed by atoms with E-state index in [9.17, 15) is 14.3 Å². The lowest BCUT2D eigenvalue weighted by atomic mass is 10.1. The maximum atomic E-state index is 13.1. The number of halogens is 1. The lowest BCUT2D eigenvalue weighted by molar-refractivity contribution is 0.0348. The van der Waals surface area contributed by atoms with Crippen molar-refractivity contribution in [1.29, 1.82) is 0 Å². The van der Waals surface area contributed by atoms with E-state index in [2.05, 4.69) is 26.3 Å². The molecule has 2 aromatic rings. The van der Waals surface area contributed by atoms with Crippen molar-refractivity contribution in [2.75, 3.05) is 63.8 Å². The highest BCUT2D eigenvalue weighted by Gasteiger charge is 2.27. The first-order chi connectivity index (χ1) is 15.8. The summed E-state index contributed by atoms with van der Waals surface area (Å²) in [7, 11) is 0. The summed E-state index contributed by atoms with van der Waals surface area (Å²) in [6, 6.07) is 6.43. The Hall–Kier alpha value is -2.75. The van der Waals surface area contributed by atoms with Crippen molar-refractivity contribution >= 4 is 11.6 Å². The van der Waals surface area contributed by atoms with Crippen LogP contribution in [0.5, 0.6) is 0 Å². The largest absolute Gasteiger partial charge is 0.447 e. The van der Waals surface area contributed by atoms with E-state index in [4.69, 9.17) is 4.42 Å². The molecule has 33 heavy (non-hydrogen) atoms. The van der Waals surface area contributed by atoms with E-state index < -0.39 is 5.60 Å². The molecular weight excluding hydrogens is 425 g/mol. The second-order valence-corrected chi connectivity index (χ2v) is 9.00. The Morgan fingerprint density at radius 2 is 1.76 bits per heavy atom. The van der Waals surface area contributed by atoms with Crippen LogP contribution >= 0.6 is 0 Å². The molecule has 1 amide bonds. The third-order valence-electron chi connectivity index (χ3n) is 6.34. The third-order valence-corrected chi connectivity index (χ3v) is 6.34. The van der Waals surface area contributed by atoms with Gasteiger partial charge in [0.25, 0.3) is 5.91 Å². The first kappa shape index (κ1) is 23.4. The predicted octanol–water partition coefficient (Wildman–Crippen LogP) is 1.83. The molecule has 9 heteroatoms. The predicted molar refractivity (Wildman–Crippen MR) is 124 cm³/mol. The molecule has 4 rings (SSSR count). The number of anilines is 1. The van der Waals surface area contributed by atoms with Crippen molar-refractivity contribution in [1.82, 2.24) is 19.7 Å². The summed E-state index contributed by atoms with van der Waals surface area (Å²) in [5, 5.41) is 10.2. The summed E-state index contributed by atoms with van der Waals surface area (Å²) in [6.07, 6.45) is 3.02. The second kappa shape index (κ2) is 10.0. The molecule has 0 aliphatic carbocycles. The van der Waals surface area contributed by atoms with Gasteiger partial charge >= 0.3 is 0 Å². The van der Waals surface area contributed by atoms with Gasteiger partial charge in [0.15, 0.2) is 5.69 Å². The summed E-state index contributed by atoms with van der Waals surface area (Å²) in [5.41, 5.74) is 0.408. The highest BCUT2D eigenvalue weighted by molar-refractivity contribution is 5.92. The molecule has 0 saturated carbocycles. The number of carbonyl (C=O) groups is 1. The molecular formula is C24H32FN5O3. The third kappa shape index (κ3) is 5.98. The molecule has 1 N–H and O–H groups in total. The van der Waals surface area contributed by atoms with Crippen molar-refractivity contribution in [3.8, 4) is 0 Å². The number of rotatable bonds is 7. The molecule has 2 aliphatic heterocycles. The minimum atomic E-state index is -0.884. The first-order valence-corrected chi connectivity index (χ1v) is 11.4. The lowest BCUT2D eigenvalue weighted by Gasteiger charge is -2.37. The van der Waals surface area contributed by atoms with Gasteiger partial charge < -0.3 is 19.3 Å². The zero-order valence-corrected chi connectivity index (χ0v) is 19.1. The van der Waals surface area contributed by atoms with Crippen molar-refractivity contribution in [3.05, 3.63) is 60.6 Å². The van der Waals surface area contributed by atoms with Gasteiger partial charge in [-0.25, -0.2) is 9.37 Å². The quantitative estimate of drug-likeness (QED) is 0.636. The molecule has 1 unspecified atom stereocenters. The van der Waals surface area contributed by atoms with Gasteiger partial charge in [0.2, 0.25) is 5.89 Å². The van der Waals surface area contributed by atoms with Gasteiger partial charge in [0, 0.05) is 64.6 Å². The van der Waals surface area contributed by atoms with E-state index in [0.29, 0.717) is 50.9 Å². The molecule has 2 saturated heterocycles. The van der Waals surface area contributed by atoms with Crippen LogP contribution < -0.4 is 4.90 Å². The number of oxazole rings is 1. The zero-order chi connectivity index (χ0) is 23.4. The van der Waals surface area contributed by atoms with Crippen LogP contribution in [0.15, 0.2) is 47.6 Å². The number of benzene rings is 1. The van der Waals surface area contributed by atoms with Gasteiger partial charge in [0.1, 0.15) is 12.1 Å². The molecule has 0 bridgehead atoms. The average molecular weight is 458 g/mol. The summed E-state index contributed by atoms with van der Waals surface area (Å²) in [4.78, 5) is 25.7. The summed E-state index contributed by atoms with van der Waals surface area (Å²) >= 11 is 0. The van der Waals surface area contributed by atoms with Crippen molar-refractivity contribution < 1.29 is 18.7 Å². The molecule has 0 radical (unpaired) electrons. The molecule has 1 aromatic carbocycles. The maximum absolute atomic E-state index is 13.1. The van der Waals surface area contributed by atoms with Gasteiger partial charge in [0.05, 0.1) is 12.1 Å². The van der Waals surface area contributed by atoms with Crippen LogP contribution in [0.3, 0.4) is 0 Å². The van der Waals surface area contributed by atoms with Crippen molar-refractivity contribution in [2.45, 2.75) is 19.1 Å². The van der Waals surface area contributed by atoms with Crippen LogP contribution in [0, 0.1) is 5.82 Å². The lowest BCUT2D eigenvalue weighted by Crippen LogP contribution is -2.50. The van der Waals surface area contributed by atoms with E-state index in [0.717, 1.165) is 31.9 Å². The average Bonchev–Trinajstić information content (AvgIpc) is 3.29. The monoisotopic (exact) mass is 457 g/mol. The fraction of sp³-hybridized carbons (Fsp3) is 0.500. The van der Waals surface area contributed by atoms with Crippen LogP contribution in [0.1, 0.15) is 23.3 Å². The zero-order valence-electron chi connectivity index (χ0n) is 19.1. The molecule has 2 fully saturated rings. The Morgan fingerprint density at radius 3 is 2.39 bits per heavy atom. The fourth-order valence-electron chi connectivity index (χ4n) is 4.28. The number of carbonyl (C=O) groups excluding carboxylic acids is 1. The Kier molecular flexibility index (Phi) is 7.11. The van der Waals surface area contributed by atoms with Crippen LogP contribution in [-0.4, -0.2) is 95.2 Å². The molecule has 0 spiro atoms. The maximum Gasteiger partial charge on any atom is 0.275 e. The van der Waals surface area contributed by atoms with Gasteiger partial charge in [-0.2, -0.15) is 0 Å². The smallest absolute Gasteiger partial charge is 0.275 e. The highest BCUT2D eigenvalue weighted by atomic mass is 19.1. The van der Waals surface area contributed by atoms with E-state index in [-0.39, 0.29) is 11.7 Å². The number of nitrogens with zero attached hydrogens (tertiary/aromatic N) is 5. The first-order valence-electron chi connectivity index (χ1n) is 11.4. The van der Waals surface area contributed by atoms with E-state index in [1.165, 1.54) is 18.4 Å². The normalized spacial score (nSPS) is 20.0. The topological polar surface area (TPSA) is 76.3 Å². The van der Waals surface area contributed by atoms with Crippen LogP contribution in [-0.2, 0) is 6.54 Å². The highest BCUT2D eigenvalue weighted by Crippen LogP contribution is 2.18. The number of hydrogen-bond donors (Lipinski definition) is 1. The Morgan fingerprint density at radius 1 is 1.12 bits per heavy atom. The number of aromatic nitrogens is 1. The number of β-amino-alcohol motifs (C(OH)–C–C–N with tert-alkyl or cyclic N) is 1. The minimum absolute atomic E-state index is 0.125. The molecule has 3 heterocycles. The molecule has 1 aromatic heterocycles. The fourth-order valence-corrected chi connectivity index (χ4v) is 4.28. The number of piperazine rings is 2. The molecule has 8 nitrogen and oxygen atoms in total. The second-order valence-electron chi connectivity index (χ2n) is 9.00. The molecule has 1 atom stereocenters. The SMILES string of the molecule is C=CC(C)(O)CN1CCN(Cc2nc(C(=O)N3CCN(c4ccc(F)cc4)CC3)co2)CC1. The van der Waals surface area contributed by atoms with E-state index >= 15 is 0 Å². The van der Waals surface area contributed by atoms with Crippen LogP contribution in [0.25, 0.3) is 0 Å². The molecule has 2 aliphatic rings. The van der Waals surface area contributed by atoms with Gasteiger partial charge in [-0.3, -0.25) is 14.6 Å². The molecule has 178 valence electrons. The Labute approximate surface area is 193 Å². The van der Waals surface area contributed by atoms with E-state index in [1.54, 1.807) is 30.0 Å². The van der Waals surface area contributed by atoms with Gasteiger partial charge in [-0.15, -0.1) is 6.58 Å². The number of amides is 1. The van der Waals surface area contributed by atoms with Crippen molar-refractivity contribution in [3.63, 3.8) is 0 Å². The number of hydrogen-bond acceptors (Lipinski definition) is 7. The summed E-state index contributed by atoms with van der Waals surface area (Å²) in [6.45, 7) is 12.5. The van der Waals surface area contributed by atoms with Crippen LogP contribution in [0.4, 0.5) is 10.1 Å². The Bertz CT molecular complexity index is 945. The summed E-state index contributed by atoms with van der Waals surface area (Å²) < 4.78 is 18.7. The standard InChI is InChI=1S/C24H32FN5O3/c1-3-24(2,32)18-28-10-8-27(9-11-28)16-22-26-21(17-33-22)23(31)30-14-12-29(13-15-30)20-6-4-19(25)5-7-20/h3-7,17,32H,1,8-16,18H2,2H3. The van der Waals surface area contributed by atoms with E-state index in [1.807, 2.05) is 0 Å². The minimum Gasteiger partial charge on any atom is -0.447 e. The van der Waals surface area contributed by atoms with Crippen molar-refractivity contribution in [2.24, 2.45) is 0 Å². The number of aliphatic hydroxyl groups is 1. The summed E-state index contributed by atoms with van der Waals surface area (Å²) in [5.74, 6) is 0.159.